The average Bonchev–Trinajstić information content (AvgIpc) is 2.47. The van der Waals surface area contributed by atoms with Gasteiger partial charge in [0.05, 0.1) is 13.2 Å². The molecule has 0 N–H and O–H groups in total. The van der Waals surface area contributed by atoms with E-state index in [0.717, 1.165) is 15.2 Å². The van der Waals surface area contributed by atoms with Crippen molar-refractivity contribution in [3.05, 3.63) is 40.4 Å². The fourth-order valence-corrected chi connectivity index (χ4v) is 2.35. The quantitative estimate of drug-likeness (QED) is 0.585. The van der Waals surface area contributed by atoms with E-state index in [1.54, 1.807) is 20.1 Å². The highest BCUT2D eigenvalue weighted by molar-refractivity contribution is 9.10. The van der Waals surface area contributed by atoms with E-state index < -0.39 is 0 Å². The molecule has 112 valence electrons. The van der Waals surface area contributed by atoms with Gasteiger partial charge in [0.2, 0.25) is 0 Å². The zero-order valence-electron chi connectivity index (χ0n) is 12.0. The van der Waals surface area contributed by atoms with Crippen LogP contribution in [0.15, 0.2) is 34.8 Å². The molecule has 4 nitrogen and oxygen atoms in total. The molecule has 5 heteroatoms. The summed E-state index contributed by atoms with van der Waals surface area (Å²) < 4.78 is 16.7. The van der Waals surface area contributed by atoms with Gasteiger partial charge in [-0.05, 0) is 42.0 Å². The Balaban J connectivity index is 2.43. The molecule has 0 amide bonds. The number of rotatable bonds is 6. The second kappa shape index (κ2) is 7.43. The Bertz CT molecular complexity index is 639. The molecular formula is C16H17BrO4. The van der Waals surface area contributed by atoms with E-state index in [0.29, 0.717) is 31.1 Å². The van der Waals surface area contributed by atoms with Gasteiger partial charge in [-0.15, -0.1) is 0 Å². The van der Waals surface area contributed by atoms with Crippen molar-refractivity contribution in [2.45, 2.75) is 6.92 Å². The molecule has 0 aliphatic carbocycles. The molecule has 0 fully saturated rings. The van der Waals surface area contributed by atoms with Crippen LogP contribution in [0.4, 0.5) is 0 Å². The summed E-state index contributed by atoms with van der Waals surface area (Å²) in [6, 6.07) is 9.52. The first-order chi connectivity index (χ1) is 10.2. The molecule has 0 atom stereocenters. The minimum Gasteiger partial charge on any atom is -0.490 e. The van der Waals surface area contributed by atoms with Crippen molar-refractivity contribution in [2.75, 3.05) is 26.9 Å². The third-order valence-electron chi connectivity index (χ3n) is 2.94. The number of benzene rings is 2. The summed E-state index contributed by atoms with van der Waals surface area (Å²) in [7, 11) is 1.60. The van der Waals surface area contributed by atoms with Crippen LogP contribution < -0.4 is 4.74 Å². The van der Waals surface area contributed by atoms with Crippen LogP contribution in [0.1, 0.15) is 17.3 Å². The average molecular weight is 353 g/mol. The molecule has 2 rings (SSSR count). The molecule has 21 heavy (non-hydrogen) atoms. The van der Waals surface area contributed by atoms with Crippen LogP contribution in [-0.4, -0.2) is 32.9 Å². The molecule has 2 aromatic carbocycles. The maximum Gasteiger partial charge on any atom is 0.341 e. The van der Waals surface area contributed by atoms with Gasteiger partial charge < -0.3 is 14.2 Å². The van der Waals surface area contributed by atoms with Gasteiger partial charge >= 0.3 is 5.97 Å². The highest BCUT2D eigenvalue weighted by atomic mass is 79.9. The molecule has 0 heterocycles. The van der Waals surface area contributed by atoms with Crippen molar-refractivity contribution in [1.82, 2.24) is 0 Å². The number of methoxy groups -OCH3 is 1. The molecular weight excluding hydrogens is 336 g/mol. The summed E-state index contributed by atoms with van der Waals surface area (Å²) in [5.41, 5.74) is 0.429. The van der Waals surface area contributed by atoms with Gasteiger partial charge in [-0.2, -0.15) is 0 Å². The first-order valence-electron chi connectivity index (χ1n) is 6.68. The van der Waals surface area contributed by atoms with Crippen LogP contribution in [0, 0.1) is 0 Å². The minimum absolute atomic E-state index is 0.326. The van der Waals surface area contributed by atoms with Crippen LogP contribution in [0.25, 0.3) is 10.8 Å². The standard InChI is InChI=1S/C16H17BrO4/c1-3-20-16(18)14-9-12-8-13(17)5-4-11(12)10-15(14)21-7-6-19-2/h4-5,8-10H,3,6-7H2,1-2H3. The lowest BCUT2D eigenvalue weighted by Crippen LogP contribution is -2.10. The van der Waals surface area contributed by atoms with E-state index in [1.165, 1.54) is 0 Å². The SMILES string of the molecule is CCOC(=O)c1cc2cc(Br)ccc2cc1OCCOC. The van der Waals surface area contributed by atoms with E-state index >= 15 is 0 Å². The lowest BCUT2D eigenvalue weighted by molar-refractivity contribution is 0.0520. The van der Waals surface area contributed by atoms with Crippen molar-refractivity contribution < 1.29 is 19.0 Å². The van der Waals surface area contributed by atoms with Gasteiger partial charge in [0.15, 0.2) is 0 Å². The Morgan fingerprint density at radius 1 is 1.14 bits per heavy atom. The smallest absolute Gasteiger partial charge is 0.341 e. The van der Waals surface area contributed by atoms with Gasteiger partial charge in [-0.3, -0.25) is 0 Å². The first-order valence-corrected chi connectivity index (χ1v) is 7.47. The normalized spacial score (nSPS) is 10.6. The van der Waals surface area contributed by atoms with Crippen molar-refractivity contribution in [3.63, 3.8) is 0 Å². The van der Waals surface area contributed by atoms with Gasteiger partial charge in [0, 0.05) is 11.6 Å². The Kier molecular flexibility index (Phi) is 5.59. The number of hydrogen-bond acceptors (Lipinski definition) is 4. The summed E-state index contributed by atoms with van der Waals surface area (Å²) in [5, 5.41) is 1.95. The highest BCUT2D eigenvalue weighted by Gasteiger charge is 2.15. The summed E-state index contributed by atoms with van der Waals surface area (Å²) in [4.78, 5) is 12.1. The molecule has 0 aromatic heterocycles. The molecule has 0 bridgehead atoms. The van der Waals surface area contributed by atoms with E-state index in [9.17, 15) is 4.79 Å². The predicted molar refractivity (Wildman–Crippen MR) is 85.0 cm³/mol. The Hall–Kier alpha value is -1.59. The first kappa shape index (κ1) is 15.8. The molecule has 0 radical (unpaired) electrons. The molecule has 0 aliphatic rings. The van der Waals surface area contributed by atoms with E-state index in [-0.39, 0.29) is 5.97 Å². The predicted octanol–water partition coefficient (Wildman–Crippen LogP) is 3.80. The van der Waals surface area contributed by atoms with Crippen molar-refractivity contribution in [1.29, 1.82) is 0 Å². The zero-order chi connectivity index (χ0) is 15.2. The molecule has 0 unspecified atom stereocenters. The summed E-state index contributed by atoms with van der Waals surface area (Å²) >= 11 is 3.43. The Morgan fingerprint density at radius 3 is 2.67 bits per heavy atom. The van der Waals surface area contributed by atoms with Crippen LogP contribution in [0.2, 0.25) is 0 Å². The number of esters is 1. The van der Waals surface area contributed by atoms with Gasteiger partial charge in [0.25, 0.3) is 0 Å². The van der Waals surface area contributed by atoms with Gasteiger partial charge in [-0.25, -0.2) is 4.79 Å². The second-order valence-electron chi connectivity index (χ2n) is 4.40. The molecule has 0 aliphatic heterocycles. The largest absolute Gasteiger partial charge is 0.490 e. The summed E-state index contributed by atoms with van der Waals surface area (Å²) in [6.45, 7) is 2.94. The molecule has 2 aromatic rings. The van der Waals surface area contributed by atoms with Crippen molar-refractivity contribution in [2.24, 2.45) is 0 Å². The number of carbonyl (C=O) groups is 1. The molecule has 0 saturated heterocycles. The van der Waals surface area contributed by atoms with Crippen LogP contribution >= 0.6 is 15.9 Å². The minimum atomic E-state index is -0.383. The Labute approximate surface area is 132 Å². The zero-order valence-corrected chi connectivity index (χ0v) is 13.6. The highest BCUT2D eigenvalue weighted by Crippen LogP contribution is 2.29. The lowest BCUT2D eigenvalue weighted by Gasteiger charge is -2.12. The lowest BCUT2D eigenvalue weighted by atomic mass is 10.1. The number of halogens is 1. The van der Waals surface area contributed by atoms with E-state index in [2.05, 4.69) is 15.9 Å². The topological polar surface area (TPSA) is 44.8 Å². The van der Waals surface area contributed by atoms with Crippen LogP contribution in [0.3, 0.4) is 0 Å². The monoisotopic (exact) mass is 352 g/mol. The third kappa shape index (κ3) is 3.95. The molecule has 0 spiro atoms. The number of fused-ring (bicyclic) bond motifs is 1. The number of hydrogen-bond donors (Lipinski definition) is 0. The van der Waals surface area contributed by atoms with E-state index in [1.807, 2.05) is 24.3 Å². The number of carbonyl (C=O) groups excluding carboxylic acids is 1. The number of ether oxygens (including phenoxy) is 3. The second-order valence-corrected chi connectivity index (χ2v) is 5.32. The van der Waals surface area contributed by atoms with Crippen molar-refractivity contribution in [3.8, 4) is 5.75 Å². The fraction of sp³-hybridized carbons (Fsp3) is 0.312. The Morgan fingerprint density at radius 2 is 1.95 bits per heavy atom. The summed E-state index contributed by atoms with van der Waals surface area (Å²) in [6.07, 6.45) is 0. The maximum absolute atomic E-state index is 12.1. The van der Waals surface area contributed by atoms with E-state index in [4.69, 9.17) is 14.2 Å². The third-order valence-corrected chi connectivity index (χ3v) is 3.43. The summed E-state index contributed by atoms with van der Waals surface area (Å²) in [5.74, 6) is 0.132. The maximum atomic E-state index is 12.1. The van der Waals surface area contributed by atoms with Crippen LogP contribution in [-0.2, 0) is 9.47 Å². The molecule has 0 saturated carbocycles. The van der Waals surface area contributed by atoms with Gasteiger partial charge in [-0.1, -0.05) is 22.0 Å². The fourth-order valence-electron chi connectivity index (χ4n) is 1.97. The van der Waals surface area contributed by atoms with Crippen molar-refractivity contribution >= 4 is 32.7 Å². The van der Waals surface area contributed by atoms with Gasteiger partial charge in [0.1, 0.15) is 17.9 Å². The van der Waals surface area contributed by atoms with Crippen LogP contribution in [0.5, 0.6) is 5.75 Å².